The Morgan fingerprint density at radius 3 is 2.57 bits per heavy atom. The SMILES string of the molecule is CNCC(O)CN1CCc2c(cccc2OCc2ccc(C(C)(C)C)cc2)C1. The molecule has 0 bridgehead atoms. The predicted octanol–water partition coefficient (Wildman–Crippen LogP) is 3.50. The summed E-state index contributed by atoms with van der Waals surface area (Å²) in [5.74, 6) is 0.993. The number of aliphatic hydroxyl groups is 1. The van der Waals surface area contributed by atoms with Crippen LogP contribution in [0.15, 0.2) is 42.5 Å². The van der Waals surface area contributed by atoms with Crippen molar-refractivity contribution in [1.29, 1.82) is 0 Å². The van der Waals surface area contributed by atoms with Crippen LogP contribution in [0.4, 0.5) is 0 Å². The number of hydrogen-bond acceptors (Lipinski definition) is 4. The van der Waals surface area contributed by atoms with Crippen LogP contribution in [-0.2, 0) is 25.0 Å². The maximum Gasteiger partial charge on any atom is 0.123 e. The van der Waals surface area contributed by atoms with E-state index in [-0.39, 0.29) is 11.5 Å². The van der Waals surface area contributed by atoms with Gasteiger partial charge in [-0.1, -0.05) is 57.2 Å². The molecule has 3 rings (SSSR count). The average molecular weight is 383 g/mol. The van der Waals surface area contributed by atoms with Crippen molar-refractivity contribution < 1.29 is 9.84 Å². The van der Waals surface area contributed by atoms with E-state index in [1.807, 2.05) is 7.05 Å². The van der Waals surface area contributed by atoms with Gasteiger partial charge in [-0.15, -0.1) is 0 Å². The summed E-state index contributed by atoms with van der Waals surface area (Å²) >= 11 is 0. The van der Waals surface area contributed by atoms with Crippen LogP contribution in [0, 0.1) is 0 Å². The zero-order chi connectivity index (χ0) is 20.1. The van der Waals surface area contributed by atoms with E-state index >= 15 is 0 Å². The predicted molar refractivity (Wildman–Crippen MR) is 115 cm³/mol. The first-order valence-electron chi connectivity index (χ1n) is 10.2. The molecule has 28 heavy (non-hydrogen) atoms. The molecule has 0 aromatic heterocycles. The lowest BCUT2D eigenvalue weighted by Crippen LogP contribution is -2.40. The summed E-state index contributed by atoms with van der Waals surface area (Å²) < 4.78 is 6.19. The lowest BCUT2D eigenvalue weighted by molar-refractivity contribution is 0.105. The second-order valence-electron chi connectivity index (χ2n) is 8.83. The maximum absolute atomic E-state index is 10.1. The third-order valence-electron chi connectivity index (χ3n) is 5.43. The molecule has 1 unspecified atom stereocenters. The minimum Gasteiger partial charge on any atom is -0.489 e. The van der Waals surface area contributed by atoms with E-state index in [2.05, 4.69) is 73.5 Å². The largest absolute Gasteiger partial charge is 0.489 e. The van der Waals surface area contributed by atoms with Gasteiger partial charge >= 0.3 is 0 Å². The second kappa shape index (κ2) is 9.08. The highest BCUT2D eigenvalue weighted by molar-refractivity contribution is 5.42. The van der Waals surface area contributed by atoms with E-state index in [4.69, 9.17) is 4.74 Å². The molecular weight excluding hydrogens is 348 g/mol. The number of β-amino-alcohol motifs (C(OH)–C–C–N with tert-alkyl or cyclic N) is 1. The summed E-state index contributed by atoms with van der Waals surface area (Å²) in [5, 5.41) is 13.1. The minimum absolute atomic E-state index is 0.171. The molecule has 1 heterocycles. The molecule has 0 amide bonds. The van der Waals surface area contributed by atoms with Crippen molar-refractivity contribution in [3.05, 3.63) is 64.7 Å². The molecule has 0 saturated heterocycles. The average Bonchev–Trinajstić information content (AvgIpc) is 2.66. The number of nitrogens with one attached hydrogen (secondary N) is 1. The van der Waals surface area contributed by atoms with Gasteiger partial charge in [0.2, 0.25) is 0 Å². The van der Waals surface area contributed by atoms with Gasteiger partial charge in [0, 0.05) is 26.2 Å². The van der Waals surface area contributed by atoms with Crippen molar-refractivity contribution in [2.24, 2.45) is 0 Å². The lowest BCUT2D eigenvalue weighted by Gasteiger charge is -2.31. The van der Waals surface area contributed by atoms with E-state index in [1.165, 1.54) is 22.3 Å². The Balaban J connectivity index is 1.62. The fourth-order valence-corrected chi connectivity index (χ4v) is 3.78. The van der Waals surface area contributed by atoms with Crippen LogP contribution >= 0.6 is 0 Å². The minimum atomic E-state index is -0.331. The van der Waals surface area contributed by atoms with Crippen molar-refractivity contribution in [1.82, 2.24) is 10.2 Å². The van der Waals surface area contributed by atoms with Gasteiger partial charge in [0.1, 0.15) is 12.4 Å². The summed E-state index contributed by atoms with van der Waals surface area (Å²) in [4.78, 5) is 2.32. The fourth-order valence-electron chi connectivity index (χ4n) is 3.78. The smallest absolute Gasteiger partial charge is 0.123 e. The highest BCUT2D eigenvalue weighted by atomic mass is 16.5. The molecule has 2 aromatic rings. The van der Waals surface area contributed by atoms with E-state index in [0.717, 1.165) is 25.3 Å². The van der Waals surface area contributed by atoms with Crippen LogP contribution in [0.2, 0.25) is 0 Å². The van der Waals surface area contributed by atoms with Crippen LogP contribution in [0.25, 0.3) is 0 Å². The normalized spacial score (nSPS) is 15.9. The Hall–Kier alpha value is -1.88. The summed E-state index contributed by atoms with van der Waals surface area (Å²) in [5.41, 5.74) is 5.33. The summed E-state index contributed by atoms with van der Waals surface area (Å²) in [6.45, 7) is 10.4. The van der Waals surface area contributed by atoms with E-state index in [9.17, 15) is 5.11 Å². The number of benzene rings is 2. The summed E-state index contributed by atoms with van der Waals surface area (Å²) in [6.07, 6.45) is 0.628. The quantitative estimate of drug-likeness (QED) is 0.769. The number of aliphatic hydroxyl groups excluding tert-OH is 1. The molecule has 152 valence electrons. The molecule has 1 aliphatic heterocycles. The van der Waals surface area contributed by atoms with Crippen LogP contribution < -0.4 is 10.1 Å². The Labute approximate surface area is 169 Å². The molecular formula is C24H34N2O2. The number of nitrogens with zero attached hydrogens (tertiary/aromatic N) is 1. The van der Waals surface area contributed by atoms with Crippen molar-refractivity contribution in [2.45, 2.75) is 51.9 Å². The second-order valence-corrected chi connectivity index (χ2v) is 8.83. The van der Waals surface area contributed by atoms with Gasteiger partial charge in [-0.05, 0) is 47.2 Å². The lowest BCUT2D eigenvalue weighted by atomic mass is 9.87. The van der Waals surface area contributed by atoms with Gasteiger partial charge in [-0.3, -0.25) is 4.90 Å². The van der Waals surface area contributed by atoms with Crippen molar-refractivity contribution >= 4 is 0 Å². The first-order chi connectivity index (χ1) is 13.4. The number of fused-ring (bicyclic) bond motifs is 1. The fraction of sp³-hybridized carbons (Fsp3) is 0.500. The third-order valence-corrected chi connectivity index (χ3v) is 5.43. The molecule has 0 fully saturated rings. The number of hydrogen-bond donors (Lipinski definition) is 2. The van der Waals surface area contributed by atoms with Gasteiger partial charge in [0.05, 0.1) is 6.10 Å². The zero-order valence-electron chi connectivity index (χ0n) is 17.7. The molecule has 0 spiro atoms. The topological polar surface area (TPSA) is 44.7 Å². The van der Waals surface area contributed by atoms with Crippen molar-refractivity contribution in [2.75, 3.05) is 26.7 Å². The Morgan fingerprint density at radius 1 is 1.14 bits per heavy atom. The molecule has 0 radical (unpaired) electrons. The van der Waals surface area contributed by atoms with Crippen molar-refractivity contribution in [3.8, 4) is 5.75 Å². The molecule has 0 aliphatic carbocycles. The monoisotopic (exact) mass is 382 g/mol. The molecule has 1 atom stereocenters. The van der Waals surface area contributed by atoms with Crippen LogP contribution in [0.1, 0.15) is 43.0 Å². The van der Waals surface area contributed by atoms with E-state index in [1.54, 1.807) is 0 Å². The van der Waals surface area contributed by atoms with Gasteiger partial charge in [-0.25, -0.2) is 0 Å². The summed E-state index contributed by atoms with van der Waals surface area (Å²) in [7, 11) is 1.87. The van der Waals surface area contributed by atoms with Gasteiger partial charge in [0.15, 0.2) is 0 Å². The molecule has 4 heteroatoms. The first-order valence-corrected chi connectivity index (χ1v) is 10.2. The summed E-state index contributed by atoms with van der Waals surface area (Å²) in [6, 6.07) is 15.1. The van der Waals surface area contributed by atoms with Crippen LogP contribution in [-0.4, -0.2) is 42.8 Å². The molecule has 1 aliphatic rings. The van der Waals surface area contributed by atoms with E-state index < -0.39 is 0 Å². The zero-order valence-corrected chi connectivity index (χ0v) is 17.7. The third kappa shape index (κ3) is 5.34. The molecule has 0 saturated carbocycles. The molecule has 2 N–H and O–H groups in total. The molecule has 4 nitrogen and oxygen atoms in total. The van der Waals surface area contributed by atoms with Gasteiger partial charge in [0.25, 0.3) is 0 Å². The Bertz CT molecular complexity index is 765. The van der Waals surface area contributed by atoms with Gasteiger partial charge in [-0.2, -0.15) is 0 Å². The number of rotatable bonds is 7. The highest BCUT2D eigenvalue weighted by Gasteiger charge is 2.21. The Kier molecular flexibility index (Phi) is 6.76. The van der Waals surface area contributed by atoms with Crippen LogP contribution in [0.5, 0.6) is 5.75 Å². The Morgan fingerprint density at radius 2 is 1.89 bits per heavy atom. The standard InChI is InChI=1S/C24H34N2O2/c1-24(2,3)20-10-8-18(9-11-20)17-28-23-7-5-6-19-15-26(13-12-22(19)23)16-21(27)14-25-4/h5-11,21,25,27H,12-17H2,1-4H3. The maximum atomic E-state index is 10.1. The van der Waals surface area contributed by atoms with Gasteiger partial charge < -0.3 is 15.2 Å². The highest BCUT2D eigenvalue weighted by Crippen LogP contribution is 2.29. The van der Waals surface area contributed by atoms with Crippen LogP contribution in [0.3, 0.4) is 0 Å². The van der Waals surface area contributed by atoms with E-state index in [0.29, 0.717) is 19.7 Å². The first kappa shape index (κ1) is 20.8. The number of likely N-dealkylation sites (N-methyl/N-ethyl adjacent to an activating group) is 1. The van der Waals surface area contributed by atoms with Crippen molar-refractivity contribution in [3.63, 3.8) is 0 Å². The molecule has 2 aromatic carbocycles. The number of ether oxygens (including phenoxy) is 1.